The molecule has 0 aliphatic rings. The highest BCUT2D eigenvalue weighted by molar-refractivity contribution is 5.71. The van der Waals surface area contributed by atoms with Gasteiger partial charge in [-0.15, -0.1) is 0 Å². The van der Waals surface area contributed by atoms with E-state index in [4.69, 9.17) is 0 Å². The first-order valence-electron chi connectivity index (χ1n) is 2.53. The number of carbonyl (C=O) groups excluding carboxylic acids is 1. The molecule has 0 aromatic rings. The Bertz CT molecular complexity index is 140. The lowest BCUT2D eigenvalue weighted by Gasteiger charge is -2.03. The van der Waals surface area contributed by atoms with E-state index in [1.807, 2.05) is 0 Å². The van der Waals surface area contributed by atoms with Gasteiger partial charge >= 0.3 is 0 Å². The van der Waals surface area contributed by atoms with Crippen LogP contribution in [0.1, 0.15) is 6.92 Å². The quantitative estimate of drug-likeness (QED) is 0.240. The molecule has 0 N–H and O–H groups in total. The molecule has 0 unspecified atom stereocenters. The first-order chi connectivity index (χ1) is 4.20. The summed E-state index contributed by atoms with van der Waals surface area (Å²) in [4.78, 5) is 10.00. The number of hydrazone groups is 1. The molecule has 3 nitrogen and oxygen atoms in total. The van der Waals surface area contributed by atoms with Gasteiger partial charge in [0.05, 0.1) is 0 Å². The standard InChI is InChI=1S/C6H10N2O/c1-6(5-9)4-8(3)7-2/h4-5H,2H2,1,3H3/b6-4+. The second kappa shape index (κ2) is 3.83. The van der Waals surface area contributed by atoms with Crippen molar-refractivity contribution in [3.63, 3.8) is 0 Å². The normalized spacial score (nSPS) is 10.7. The van der Waals surface area contributed by atoms with Crippen molar-refractivity contribution in [2.75, 3.05) is 7.05 Å². The molecule has 0 amide bonds. The number of hydrogen-bond donors (Lipinski definition) is 0. The summed E-state index contributed by atoms with van der Waals surface area (Å²) in [5.74, 6) is 0. The second-order valence-electron chi connectivity index (χ2n) is 1.71. The van der Waals surface area contributed by atoms with Crippen LogP contribution in [0.4, 0.5) is 0 Å². The first kappa shape index (κ1) is 7.88. The first-order valence-corrected chi connectivity index (χ1v) is 2.53. The number of nitrogens with zero attached hydrogens (tertiary/aromatic N) is 2. The molecule has 0 spiro atoms. The van der Waals surface area contributed by atoms with Gasteiger partial charge < -0.3 is 0 Å². The Morgan fingerprint density at radius 3 is 2.67 bits per heavy atom. The van der Waals surface area contributed by atoms with Crippen molar-refractivity contribution in [3.05, 3.63) is 11.8 Å². The highest BCUT2D eigenvalue weighted by atomic mass is 16.1. The highest BCUT2D eigenvalue weighted by Crippen LogP contribution is 1.89. The molecule has 3 heteroatoms. The van der Waals surface area contributed by atoms with Crippen LogP contribution in [0.5, 0.6) is 0 Å². The van der Waals surface area contributed by atoms with Crippen LogP contribution in [-0.2, 0) is 4.79 Å². The average molecular weight is 126 g/mol. The highest BCUT2D eigenvalue weighted by Gasteiger charge is 1.85. The van der Waals surface area contributed by atoms with Gasteiger partial charge in [-0.25, -0.2) is 0 Å². The zero-order chi connectivity index (χ0) is 7.28. The van der Waals surface area contributed by atoms with E-state index in [9.17, 15) is 4.79 Å². The van der Waals surface area contributed by atoms with E-state index in [-0.39, 0.29) is 0 Å². The third-order valence-electron chi connectivity index (χ3n) is 0.799. The summed E-state index contributed by atoms with van der Waals surface area (Å²) in [6.45, 7) is 4.97. The van der Waals surface area contributed by atoms with Gasteiger partial charge in [0.2, 0.25) is 0 Å². The SMILES string of the molecule is C=NN(C)/C=C(\C)C=O. The van der Waals surface area contributed by atoms with Crippen molar-refractivity contribution < 1.29 is 4.79 Å². The van der Waals surface area contributed by atoms with Gasteiger partial charge in [-0.3, -0.25) is 9.80 Å². The van der Waals surface area contributed by atoms with Crippen LogP contribution in [0.3, 0.4) is 0 Å². The largest absolute Gasteiger partial charge is 0.298 e. The molecule has 0 radical (unpaired) electrons. The fourth-order valence-electron chi connectivity index (χ4n) is 0.366. The molecule has 0 heterocycles. The van der Waals surface area contributed by atoms with Crippen LogP contribution in [0, 0.1) is 0 Å². The molecule has 0 aromatic carbocycles. The summed E-state index contributed by atoms with van der Waals surface area (Å²) in [6.07, 6.45) is 2.36. The van der Waals surface area contributed by atoms with Crippen molar-refractivity contribution in [2.45, 2.75) is 6.92 Å². The molecular weight excluding hydrogens is 116 g/mol. The maximum atomic E-state index is 10.00. The fourth-order valence-corrected chi connectivity index (χ4v) is 0.366. The molecule has 0 rings (SSSR count). The lowest BCUT2D eigenvalue weighted by molar-refractivity contribution is -0.104. The van der Waals surface area contributed by atoms with E-state index >= 15 is 0 Å². The molecule has 0 fully saturated rings. The van der Waals surface area contributed by atoms with Crippen LogP contribution in [0.2, 0.25) is 0 Å². The minimum absolute atomic E-state index is 0.630. The smallest absolute Gasteiger partial charge is 0.147 e. The Morgan fingerprint density at radius 2 is 2.33 bits per heavy atom. The van der Waals surface area contributed by atoms with E-state index in [0.29, 0.717) is 5.57 Å². The number of allylic oxidation sites excluding steroid dienone is 1. The van der Waals surface area contributed by atoms with Gasteiger partial charge in [0, 0.05) is 25.5 Å². The van der Waals surface area contributed by atoms with Crippen molar-refractivity contribution in [1.29, 1.82) is 0 Å². The molecule has 0 aliphatic heterocycles. The lowest BCUT2D eigenvalue weighted by atomic mass is 10.4. The van der Waals surface area contributed by atoms with Crippen molar-refractivity contribution in [1.82, 2.24) is 5.01 Å². The van der Waals surface area contributed by atoms with Crippen LogP contribution in [-0.4, -0.2) is 25.1 Å². The minimum atomic E-state index is 0.630. The van der Waals surface area contributed by atoms with E-state index in [1.54, 1.807) is 20.2 Å². The molecule has 50 valence electrons. The maximum absolute atomic E-state index is 10.00. The fraction of sp³-hybridized carbons (Fsp3) is 0.333. The summed E-state index contributed by atoms with van der Waals surface area (Å²) in [6, 6.07) is 0. The van der Waals surface area contributed by atoms with Crippen molar-refractivity contribution >= 4 is 13.0 Å². The van der Waals surface area contributed by atoms with Crippen molar-refractivity contribution in [3.8, 4) is 0 Å². The van der Waals surface area contributed by atoms with Gasteiger partial charge in [0.1, 0.15) is 6.29 Å². The van der Waals surface area contributed by atoms with Gasteiger partial charge in [0.15, 0.2) is 0 Å². The van der Waals surface area contributed by atoms with Crippen LogP contribution >= 0.6 is 0 Å². The van der Waals surface area contributed by atoms with Crippen LogP contribution in [0.15, 0.2) is 16.9 Å². The van der Waals surface area contributed by atoms with E-state index in [1.165, 1.54) is 5.01 Å². The second-order valence-corrected chi connectivity index (χ2v) is 1.71. The molecule has 0 saturated carbocycles. The molecular formula is C6H10N2O. The summed E-state index contributed by atoms with van der Waals surface area (Å²) < 4.78 is 0. The van der Waals surface area contributed by atoms with E-state index < -0.39 is 0 Å². The number of aldehydes is 1. The Balaban J connectivity index is 3.92. The zero-order valence-corrected chi connectivity index (χ0v) is 5.66. The van der Waals surface area contributed by atoms with Gasteiger partial charge in [-0.2, -0.15) is 5.10 Å². The number of hydrogen-bond acceptors (Lipinski definition) is 3. The Labute approximate surface area is 54.7 Å². The third kappa shape index (κ3) is 3.46. The van der Waals surface area contributed by atoms with Gasteiger partial charge in [0.25, 0.3) is 0 Å². The molecule has 0 aliphatic carbocycles. The summed E-state index contributed by atoms with van der Waals surface area (Å²) in [7, 11) is 1.71. The molecule has 0 saturated heterocycles. The van der Waals surface area contributed by atoms with Crippen LogP contribution < -0.4 is 0 Å². The average Bonchev–Trinajstić information content (AvgIpc) is 1.87. The van der Waals surface area contributed by atoms with Crippen molar-refractivity contribution in [2.24, 2.45) is 5.10 Å². The van der Waals surface area contributed by atoms with Crippen LogP contribution in [0.25, 0.3) is 0 Å². The molecule has 0 aromatic heterocycles. The van der Waals surface area contributed by atoms with Gasteiger partial charge in [-0.05, 0) is 6.92 Å². The van der Waals surface area contributed by atoms with E-state index in [2.05, 4.69) is 11.8 Å². The molecule has 9 heavy (non-hydrogen) atoms. The monoisotopic (exact) mass is 126 g/mol. The maximum Gasteiger partial charge on any atom is 0.147 e. The van der Waals surface area contributed by atoms with E-state index in [0.717, 1.165) is 6.29 Å². The zero-order valence-electron chi connectivity index (χ0n) is 5.66. The number of rotatable bonds is 3. The summed E-state index contributed by atoms with van der Waals surface area (Å²) in [5, 5.41) is 5.00. The number of carbonyl (C=O) groups is 1. The Hall–Kier alpha value is -1.12. The Morgan fingerprint density at radius 1 is 1.78 bits per heavy atom. The summed E-state index contributed by atoms with van der Waals surface area (Å²) >= 11 is 0. The molecule has 0 bridgehead atoms. The lowest BCUT2D eigenvalue weighted by Crippen LogP contribution is -2.00. The Kier molecular flexibility index (Phi) is 3.35. The topological polar surface area (TPSA) is 32.7 Å². The third-order valence-corrected chi connectivity index (χ3v) is 0.799. The minimum Gasteiger partial charge on any atom is -0.298 e. The summed E-state index contributed by atoms with van der Waals surface area (Å²) in [5.41, 5.74) is 0.630. The predicted molar refractivity (Wildman–Crippen MR) is 37.1 cm³/mol. The van der Waals surface area contributed by atoms with Gasteiger partial charge in [-0.1, -0.05) is 0 Å². The predicted octanol–water partition coefficient (Wildman–Crippen LogP) is 0.637. The molecule has 0 atom stereocenters.